The molecule has 28 heavy (non-hydrogen) atoms. The maximum atomic E-state index is 11.9. The predicted molar refractivity (Wildman–Crippen MR) is 106 cm³/mol. The van der Waals surface area contributed by atoms with Gasteiger partial charge in [0.2, 0.25) is 0 Å². The Morgan fingerprint density at radius 2 is 2.11 bits per heavy atom. The van der Waals surface area contributed by atoms with E-state index in [0.29, 0.717) is 6.54 Å². The lowest BCUT2D eigenvalue weighted by atomic mass is 10.1. The van der Waals surface area contributed by atoms with Crippen molar-refractivity contribution in [3.05, 3.63) is 42.7 Å². The van der Waals surface area contributed by atoms with Gasteiger partial charge in [0, 0.05) is 24.8 Å². The number of amides is 1. The standard InChI is InChI=1S/C20H23N5O3/c1-27-17-8-4-3-7-15(17)16-13-22-25-11-9-18(23-19(16)25)21-12-14-6-5-10-24(14)20(26)28-2/h3-4,7-9,11,13-14H,5-6,10,12H2,1-2H3,(H,21,23)/t14-/m0/s1. The quantitative estimate of drug-likeness (QED) is 0.732. The van der Waals surface area contributed by atoms with Crippen molar-refractivity contribution in [2.24, 2.45) is 0 Å². The molecule has 0 unspecified atom stereocenters. The fourth-order valence-electron chi connectivity index (χ4n) is 3.65. The zero-order chi connectivity index (χ0) is 19.5. The molecule has 0 bridgehead atoms. The molecule has 3 heterocycles. The van der Waals surface area contributed by atoms with Gasteiger partial charge in [0.05, 0.1) is 32.0 Å². The summed E-state index contributed by atoms with van der Waals surface area (Å²) >= 11 is 0. The maximum Gasteiger partial charge on any atom is 0.409 e. The number of ether oxygens (including phenoxy) is 2. The van der Waals surface area contributed by atoms with Crippen LogP contribution in [0, 0.1) is 0 Å². The summed E-state index contributed by atoms with van der Waals surface area (Å²) in [7, 11) is 3.07. The number of aromatic nitrogens is 3. The van der Waals surface area contributed by atoms with E-state index in [0.717, 1.165) is 47.7 Å². The number of rotatable bonds is 5. The fraction of sp³-hybridized carbons (Fsp3) is 0.350. The minimum Gasteiger partial charge on any atom is -0.496 e. The van der Waals surface area contributed by atoms with Crippen LogP contribution < -0.4 is 10.1 Å². The van der Waals surface area contributed by atoms with E-state index in [-0.39, 0.29) is 12.1 Å². The molecule has 8 nitrogen and oxygen atoms in total. The monoisotopic (exact) mass is 381 g/mol. The summed E-state index contributed by atoms with van der Waals surface area (Å²) in [6.07, 6.45) is 5.32. The van der Waals surface area contributed by atoms with Crippen LogP contribution in [0.2, 0.25) is 0 Å². The molecule has 4 rings (SSSR count). The number of carbonyl (C=O) groups excluding carboxylic acids is 1. The van der Waals surface area contributed by atoms with E-state index in [2.05, 4.69) is 10.4 Å². The van der Waals surface area contributed by atoms with Crippen LogP contribution in [0.4, 0.5) is 10.6 Å². The molecular weight excluding hydrogens is 358 g/mol. The summed E-state index contributed by atoms with van der Waals surface area (Å²) in [6, 6.07) is 9.79. The first-order chi connectivity index (χ1) is 13.7. The van der Waals surface area contributed by atoms with Crippen LogP contribution in [-0.2, 0) is 4.74 Å². The van der Waals surface area contributed by atoms with Gasteiger partial charge in [-0.1, -0.05) is 18.2 Å². The summed E-state index contributed by atoms with van der Waals surface area (Å²) in [5.41, 5.74) is 2.58. The van der Waals surface area contributed by atoms with Gasteiger partial charge >= 0.3 is 6.09 Å². The van der Waals surface area contributed by atoms with Gasteiger partial charge in [-0.3, -0.25) is 0 Å². The van der Waals surface area contributed by atoms with Crippen LogP contribution in [0.5, 0.6) is 5.75 Å². The number of hydrogen-bond acceptors (Lipinski definition) is 6. The molecule has 1 fully saturated rings. The number of nitrogens with zero attached hydrogens (tertiary/aromatic N) is 4. The second-order valence-corrected chi connectivity index (χ2v) is 6.68. The number of nitrogens with one attached hydrogen (secondary N) is 1. The average Bonchev–Trinajstić information content (AvgIpc) is 3.38. The van der Waals surface area contributed by atoms with Crippen LogP contribution >= 0.6 is 0 Å². The van der Waals surface area contributed by atoms with Crippen molar-refractivity contribution in [1.29, 1.82) is 0 Å². The topological polar surface area (TPSA) is 81.0 Å². The normalized spacial score (nSPS) is 16.4. The highest BCUT2D eigenvalue weighted by Crippen LogP contribution is 2.32. The van der Waals surface area contributed by atoms with Gasteiger partial charge in [-0.25, -0.2) is 14.3 Å². The highest BCUT2D eigenvalue weighted by molar-refractivity contribution is 5.81. The Hall–Kier alpha value is -3.29. The van der Waals surface area contributed by atoms with Crippen molar-refractivity contribution in [3.8, 4) is 16.9 Å². The van der Waals surface area contributed by atoms with E-state index >= 15 is 0 Å². The van der Waals surface area contributed by atoms with Crippen LogP contribution in [0.3, 0.4) is 0 Å². The summed E-state index contributed by atoms with van der Waals surface area (Å²) in [6.45, 7) is 1.35. The molecule has 2 aromatic heterocycles. The van der Waals surface area contributed by atoms with Crippen molar-refractivity contribution in [2.75, 3.05) is 32.6 Å². The molecule has 1 N–H and O–H groups in total. The highest BCUT2D eigenvalue weighted by atomic mass is 16.5. The smallest absolute Gasteiger partial charge is 0.409 e. The van der Waals surface area contributed by atoms with E-state index in [4.69, 9.17) is 14.5 Å². The summed E-state index contributed by atoms with van der Waals surface area (Å²) in [5, 5.41) is 7.75. The molecule has 3 aromatic rings. The second kappa shape index (κ2) is 7.75. The predicted octanol–water partition coefficient (Wildman–Crippen LogP) is 3.05. The third-order valence-corrected chi connectivity index (χ3v) is 5.07. The lowest BCUT2D eigenvalue weighted by Gasteiger charge is -2.23. The van der Waals surface area contributed by atoms with Crippen LogP contribution in [0.1, 0.15) is 12.8 Å². The minimum atomic E-state index is -0.276. The van der Waals surface area contributed by atoms with Crippen molar-refractivity contribution in [3.63, 3.8) is 0 Å². The van der Waals surface area contributed by atoms with Gasteiger partial charge < -0.3 is 19.7 Å². The molecule has 0 saturated carbocycles. The number of likely N-dealkylation sites (tertiary alicyclic amines) is 1. The number of benzene rings is 1. The Morgan fingerprint density at radius 1 is 1.25 bits per heavy atom. The van der Waals surface area contributed by atoms with Gasteiger partial charge in [0.15, 0.2) is 5.65 Å². The van der Waals surface area contributed by atoms with E-state index < -0.39 is 0 Å². The van der Waals surface area contributed by atoms with E-state index in [1.165, 1.54) is 7.11 Å². The first-order valence-electron chi connectivity index (χ1n) is 9.27. The first kappa shape index (κ1) is 18.1. The molecule has 1 aromatic carbocycles. The molecule has 146 valence electrons. The van der Waals surface area contributed by atoms with Crippen molar-refractivity contribution < 1.29 is 14.3 Å². The van der Waals surface area contributed by atoms with Gasteiger partial charge in [0.1, 0.15) is 11.6 Å². The molecule has 1 aliphatic heterocycles. The lowest BCUT2D eigenvalue weighted by Crippen LogP contribution is -2.39. The van der Waals surface area contributed by atoms with Crippen LogP contribution in [-0.4, -0.2) is 58.9 Å². The Balaban J connectivity index is 1.57. The van der Waals surface area contributed by atoms with E-state index in [9.17, 15) is 4.79 Å². The third-order valence-electron chi connectivity index (χ3n) is 5.07. The summed E-state index contributed by atoms with van der Waals surface area (Å²) in [5.74, 6) is 1.51. The highest BCUT2D eigenvalue weighted by Gasteiger charge is 2.29. The molecule has 1 saturated heterocycles. The summed E-state index contributed by atoms with van der Waals surface area (Å²) in [4.78, 5) is 18.4. The number of carbonyl (C=O) groups is 1. The second-order valence-electron chi connectivity index (χ2n) is 6.68. The lowest BCUT2D eigenvalue weighted by molar-refractivity contribution is 0.120. The molecular formula is C20H23N5O3. The molecule has 0 radical (unpaired) electrons. The SMILES string of the molecule is COC(=O)N1CCC[C@H]1CNc1ccn2ncc(-c3ccccc3OC)c2n1. The maximum absolute atomic E-state index is 11.9. The van der Waals surface area contributed by atoms with Crippen LogP contribution in [0.25, 0.3) is 16.8 Å². The molecule has 1 atom stereocenters. The molecule has 0 spiro atoms. The Morgan fingerprint density at radius 3 is 2.93 bits per heavy atom. The average molecular weight is 381 g/mol. The summed E-state index contributed by atoms with van der Waals surface area (Å²) < 4.78 is 12.1. The number of hydrogen-bond donors (Lipinski definition) is 1. The van der Waals surface area contributed by atoms with Crippen molar-refractivity contribution >= 4 is 17.6 Å². The minimum absolute atomic E-state index is 0.101. The Labute approximate surface area is 163 Å². The van der Waals surface area contributed by atoms with Gasteiger partial charge in [-0.2, -0.15) is 5.10 Å². The Bertz CT molecular complexity index is 987. The zero-order valence-corrected chi connectivity index (χ0v) is 16.0. The van der Waals surface area contributed by atoms with Gasteiger partial charge in [-0.15, -0.1) is 0 Å². The third kappa shape index (κ3) is 3.33. The largest absolute Gasteiger partial charge is 0.496 e. The van der Waals surface area contributed by atoms with E-state index in [1.54, 1.807) is 22.7 Å². The molecule has 1 aliphatic rings. The number of anilines is 1. The number of methoxy groups -OCH3 is 2. The van der Waals surface area contributed by atoms with Crippen molar-refractivity contribution in [1.82, 2.24) is 19.5 Å². The van der Waals surface area contributed by atoms with Gasteiger partial charge in [0.25, 0.3) is 0 Å². The van der Waals surface area contributed by atoms with Gasteiger partial charge in [-0.05, 0) is 25.0 Å². The zero-order valence-electron chi connectivity index (χ0n) is 16.0. The number of para-hydroxylation sites is 1. The van der Waals surface area contributed by atoms with Crippen LogP contribution in [0.15, 0.2) is 42.7 Å². The fourth-order valence-corrected chi connectivity index (χ4v) is 3.65. The number of fused-ring (bicyclic) bond motifs is 1. The molecule has 8 heteroatoms. The van der Waals surface area contributed by atoms with Crippen molar-refractivity contribution in [2.45, 2.75) is 18.9 Å². The molecule has 1 amide bonds. The first-order valence-corrected chi connectivity index (χ1v) is 9.27. The Kier molecular flexibility index (Phi) is 5.01. The van der Waals surface area contributed by atoms with E-state index in [1.807, 2.05) is 36.5 Å². The molecule has 0 aliphatic carbocycles.